The smallest absolute Gasteiger partial charge is 0.243 e. The van der Waals surface area contributed by atoms with Crippen LogP contribution in [-0.2, 0) is 21.4 Å². The summed E-state index contributed by atoms with van der Waals surface area (Å²) in [6, 6.07) is 16.9. The largest absolute Gasteiger partial charge is 0.325 e. The first-order valence-corrected chi connectivity index (χ1v) is 12.7. The molecule has 1 heterocycles. The standard InChI is InChI=1S/C24H34N4O3S/c1-3-28(4-2)32(30,31)23-13-11-22(12-14-23)25-24(29)20-27-16-8-15-26(17-18-27)19-21-9-6-5-7-10-21/h5-7,9-14H,3-4,8,15-20H2,1-2H3,(H,25,29). The van der Waals surface area contributed by atoms with E-state index >= 15 is 0 Å². The Labute approximate surface area is 192 Å². The maximum Gasteiger partial charge on any atom is 0.243 e. The molecule has 2 aromatic rings. The van der Waals surface area contributed by atoms with Crippen LogP contribution in [-0.4, -0.2) is 74.2 Å². The Kier molecular flexibility index (Phi) is 8.81. The van der Waals surface area contributed by atoms with Crippen LogP contribution >= 0.6 is 0 Å². The summed E-state index contributed by atoms with van der Waals surface area (Å²) >= 11 is 0. The van der Waals surface area contributed by atoms with E-state index in [9.17, 15) is 13.2 Å². The van der Waals surface area contributed by atoms with E-state index in [-0.39, 0.29) is 10.8 Å². The summed E-state index contributed by atoms with van der Waals surface area (Å²) in [4.78, 5) is 17.4. The SMILES string of the molecule is CCN(CC)S(=O)(=O)c1ccc(NC(=O)CN2CCCN(Cc3ccccc3)CC2)cc1. The molecule has 0 unspecified atom stereocenters. The highest BCUT2D eigenvalue weighted by molar-refractivity contribution is 7.89. The fraction of sp³-hybridized carbons (Fsp3) is 0.458. The van der Waals surface area contributed by atoms with Gasteiger partial charge in [0.2, 0.25) is 15.9 Å². The van der Waals surface area contributed by atoms with Crippen molar-refractivity contribution in [2.45, 2.75) is 31.7 Å². The van der Waals surface area contributed by atoms with Crippen LogP contribution in [0.15, 0.2) is 59.5 Å². The monoisotopic (exact) mass is 458 g/mol. The molecule has 1 aliphatic heterocycles. The molecule has 8 heteroatoms. The highest BCUT2D eigenvalue weighted by Gasteiger charge is 2.21. The molecule has 2 aromatic carbocycles. The van der Waals surface area contributed by atoms with Gasteiger partial charge in [0.1, 0.15) is 0 Å². The van der Waals surface area contributed by atoms with Crippen LogP contribution in [0.2, 0.25) is 0 Å². The Hall–Kier alpha value is -2.26. The van der Waals surface area contributed by atoms with Crippen molar-refractivity contribution in [2.75, 3.05) is 51.1 Å². The molecule has 32 heavy (non-hydrogen) atoms. The maximum absolute atomic E-state index is 12.6. The van der Waals surface area contributed by atoms with E-state index < -0.39 is 10.0 Å². The number of carbonyl (C=O) groups is 1. The van der Waals surface area contributed by atoms with Crippen molar-refractivity contribution in [3.05, 3.63) is 60.2 Å². The van der Waals surface area contributed by atoms with Crippen molar-refractivity contribution in [2.24, 2.45) is 0 Å². The number of nitrogens with zero attached hydrogens (tertiary/aromatic N) is 3. The average Bonchev–Trinajstić information content (AvgIpc) is 3.00. The summed E-state index contributed by atoms with van der Waals surface area (Å²) in [5.41, 5.74) is 1.92. The molecule has 1 fully saturated rings. The molecule has 3 rings (SSSR count). The van der Waals surface area contributed by atoms with E-state index in [4.69, 9.17) is 0 Å². The second-order valence-electron chi connectivity index (χ2n) is 8.05. The molecule has 7 nitrogen and oxygen atoms in total. The quantitative estimate of drug-likeness (QED) is 0.626. The molecule has 0 atom stereocenters. The summed E-state index contributed by atoms with van der Waals surface area (Å²) < 4.78 is 26.6. The molecule has 1 N–H and O–H groups in total. The van der Waals surface area contributed by atoms with Gasteiger partial charge in [0, 0.05) is 38.4 Å². The van der Waals surface area contributed by atoms with E-state index in [2.05, 4.69) is 39.4 Å². The second-order valence-corrected chi connectivity index (χ2v) is 9.99. The first-order valence-electron chi connectivity index (χ1n) is 11.3. The van der Waals surface area contributed by atoms with Gasteiger partial charge in [-0.15, -0.1) is 0 Å². The highest BCUT2D eigenvalue weighted by Crippen LogP contribution is 2.18. The molecule has 1 aliphatic rings. The Morgan fingerprint density at radius 1 is 0.906 bits per heavy atom. The van der Waals surface area contributed by atoms with Crippen LogP contribution in [0.25, 0.3) is 0 Å². The third-order valence-electron chi connectivity index (χ3n) is 5.78. The van der Waals surface area contributed by atoms with Crippen LogP contribution in [0.4, 0.5) is 5.69 Å². The minimum Gasteiger partial charge on any atom is -0.325 e. The number of hydrogen-bond acceptors (Lipinski definition) is 5. The van der Waals surface area contributed by atoms with Crippen molar-refractivity contribution in [1.82, 2.24) is 14.1 Å². The second kappa shape index (κ2) is 11.6. The number of nitrogens with one attached hydrogen (secondary N) is 1. The normalized spacial score (nSPS) is 16.1. The zero-order valence-electron chi connectivity index (χ0n) is 19.0. The molecule has 1 amide bonds. The molecule has 1 saturated heterocycles. The van der Waals surface area contributed by atoms with E-state index in [1.165, 1.54) is 9.87 Å². The summed E-state index contributed by atoms with van der Waals surface area (Å²) in [5, 5.41) is 2.89. The summed E-state index contributed by atoms with van der Waals surface area (Å²) in [7, 11) is -3.49. The van der Waals surface area contributed by atoms with Crippen LogP contribution in [0, 0.1) is 0 Å². The number of rotatable bonds is 9. The predicted octanol–water partition coefficient (Wildman–Crippen LogP) is 2.86. The van der Waals surface area contributed by atoms with Gasteiger partial charge in [0.15, 0.2) is 0 Å². The van der Waals surface area contributed by atoms with Crippen LogP contribution < -0.4 is 5.32 Å². The van der Waals surface area contributed by atoms with Gasteiger partial charge in [-0.25, -0.2) is 8.42 Å². The average molecular weight is 459 g/mol. The molecule has 0 saturated carbocycles. The van der Waals surface area contributed by atoms with Gasteiger partial charge in [-0.2, -0.15) is 4.31 Å². The van der Waals surface area contributed by atoms with Crippen molar-refractivity contribution < 1.29 is 13.2 Å². The minimum atomic E-state index is -3.49. The lowest BCUT2D eigenvalue weighted by Crippen LogP contribution is -2.36. The highest BCUT2D eigenvalue weighted by atomic mass is 32.2. The summed E-state index contributed by atoms with van der Waals surface area (Å²) in [5.74, 6) is -0.0825. The van der Waals surface area contributed by atoms with Gasteiger partial charge in [-0.05, 0) is 49.3 Å². The first kappa shape index (κ1) is 24.4. The Morgan fingerprint density at radius 2 is 1.53 bits per heavy atom. The van der Waals surface area contributed by atoms with Crippen molar-refractivity contribution >= 4 is 21.6 Å². The van der Waals surface area contributed by atoms with Crippen LogP contribution in [0.1, 0.15) is 25.8 Å². The van der Waals surface area contributed by atoms with Gasteiger partial charge >= 0.3 is 0 Å². The van der Waals surface area contributed by atoms with Gasteiger partial charge in [-0.1, -0.05) is 44.2 Å². The maximum atomic E-state index is 12.6. The van der Waals surface area contributed by atoms with Crippen molar-refractivity contribution in [3.8, 4) is 0 Å². The molecule has 174 valence electrons. The van der Waals surface area contributed by atoms with E-state index in [0.29, 0.717) is 25.3 Å². The van der Waals surface area contributed by atoms with E-state index in [0.717, 1.165) is 39.1 Å². The third kappa shape index (κ3) is 6.62. The summed E-state index contributed by atoms with van der Waals surface area (Å²) in [6.45, 7) is 9.45. The number of anilines is 1. The molecular weight excluding hydrogens is 424 g/mol. The number of benzene rings is 2. The van der Waals surface area contributed by atoms with E-state index in [1.807, 2.05) is 19.9 Å². The van der Waals surface area contributed by atoms with E-state index in [1.54, 1.807) is 24.3 Å². The first-order chi connectivity index (χ1) is 15.4. The van der Waals surface area contributed by atoms with Gasteiger partial charge in [0.25, 0.3) is 0 Å². The number of sulfonamides is 1. The number of carbonyl (C=O) groups excluding carboxylic acids is 1. The fourth-order valence-corrected chi connectivity index (χ4v) is 5.47. The zero-order chi connectivity index (χ0) is 23.0. The molecule has 0 aromatic heterocycles. The zero-order valence-corrected chi connectivity index (χ0v) is 19.9. The van der Waals surface area contributed by atoms with Crippen molar-refractivity contribution in [3.63, 3.8) is 0 Å². The van der Waals surface area contributed by atoms with Gasteiger partial charge in [0.05, 0.1) is 11.4 Å². The van der Waals surface area contributed by atoms with Gasteiger partial charge in [-0.3, -0.25) is 14.6 Å². The number of hydrogen-bond donors (Lipinski definition) is 1. The van der Waals surface area contributed by atoms with Crippen molar-refractivity contribution in [1.29, 1.82) is 0 Å². The topological polar surface area (TPSA) is 73.0 Å². The molecule has 0 spiro atoms. The lowest BCUT2D eigenvalue weighted by Gasteiger charge is -2.21. The molecular formula is C24H34N4O3S. The fourth-order valence-electron chi connectivity index (χ4n) is 4.01. The third-order valence-corrected chi connectivity index (χ3v) is 7.84. The predicted molar refractivity (Wildman–Crippen MR) is 128 cm³/mol. The molecule has 0 aliphatic carbocycles. The Balaban J connectivity index is 1.50. The minimum absolute atomic E-state index is 0.0825. The van der Waals surface area contributed by atoms with Crippen LogP contribution in [0.5, 0.6) is 0 Å². The summed E-state index contributed by atoms with van der Waals surface area (Å²) in [6.07, 6.45) is 1.03. The lowest BCUT2D eigenvalue weighted by atomic mass is 10.2. The Bertz CT molecular complexity index is 960. The van der Waals surface area contributed by atoms with Gasteiger partial charge < -0.3 is 5.32 Å². The Morgan fingerprint density at radius 3 is 2.19 bits per heavy atom. The number of amides is 1. The molecule has 0 radical (unpaired) electrons. The molecule has 0 bridgehead atoms. The van der Waals surface area contributed by atoms with Crippen LogP contribution in [0.3, 0.4) is 0 Å². The lowest BCUT2D eigenvalue weighted by molar-refractivity contribution is -0.117.